The zero-order valence-electron chi connectivity index (χ0n) is 11.5. The summed E-state index contributed by atoms with van der Waals surface area (Å²) in [5.41, 5.74) is 0.682. The minimum atomic E-state index is -3.71. The molecule has 1 aromatic rings. The third-order valence-electron chi connectivity index (χ3n) is 2.72. The molecule has 1 aromatic heterocycles. The molecule has 5 nitrogen and oxygen atoms in total. The molecule has 0 radical (unpaired) electrons. The molecule has 1 atom stereocenters. The number of aliphatic carboxylic acids is 1. The van der Waals surface area contributed by atoms with Crippen LogP contribution in [0.25, 0.3) is 0 Å². The highest BCUT2D eigenvalue weighted by atomic mass is 32.2. The van der Waals surface area contributed by atoms with Crippen molar-refractivity contribution in [2.45, 2.75) is 50.5 Å². The van der Waals surface area contributed by atoms with Gasteiger partial charge >= 0.3 is 5.97 Å². The van der Waals surface area contributed by atoms with Gasteiger partial charge in [-0.3, -0.25) is 4.79 Å². The maximum absolute atomic E-state index is 12.0. The molecule has 0 aliphatic rings. The molecule has 0 spiro atoms. The lowest BCUT2D eigenvalue weighted by Crippen LogP contribution is -2.30. The van der Waals surface area contributed by atoms with Crippen LogP contribution >= 0.6 is 11.3 Å². The van der Waals surface area contributed by atoms with Crippen LogP contribution in [0.3, 0.4) is 0 Å². The molecule has 0 aliphatic heterocycles. The molecule has 0 saturated heterocycles. The average molecular weight is 305 g/mol. The van der Waals surface area contributed by atoms with Crippen molar-refractivity contribution < 1.29 is 18.3 Å². The van der Waals surface area contributed by atoms with Crippen LogP contribution in [0.5, 0.6) is 0 Å². The van der Waals surface area contributed by atoms with Gasteiger partial charge in [-0.1, -0.05) is 27.7 Å². The number of nitrogens with zero attached hydrogens (tertiary/aromatic N) is 1. The van der Waals surface area contributed by atoms with Gasteiger partial charge in [0, 0.05) is 10.8 Å². The van der Waals surface area contributed by atoms with Crippen LogP contribution in [0.4, 0.5) is 0 Å². The predicted octanol–water partition coefficient (Wildman–Crippen LogP) is 2.22. The Morgan fingerprint density at radius 3 is 2.42 bits per heavy atom. The molecule has 0 aliphatic carbocycles. The van der Waals surface area contributed by atoms with Crippen LogP contribution in [0, 0.1) is 0 Å². The number of hydrogen-bond donors (Lipinski definition) is 1. The van der Waals surface area contributed by atoms with Crippen molar-refractivity contribution in [1.29, 1.82) is 0 Å². The predicted molar refractivity (Wildman–Crippen MR) is 75.2 cm³/mol. The Labute approximate surface area is 117 Å². The molecule has 1 N–H and O–H groups in total. The van der Waals surface area contributed by atoms with Crippen molar-refractivity contribution in [2.24, 2.45) is 0 Å². The lowest BCUT2D eigenvalue weighted by atomic mass is 9.93. The van der Waals surface area contributed by atoms with E-state index in [0.717, 1.165) is 5.69 Å². The van der Waals surface area contributed by atoms with Crippen molar-refractivity contribution in [3.8, 4) is 0 Å². The zero-order chi connectivity index (χ0) is 14.8. The Kier molecular flexibility index (Phi) is 4.73. The van der Waals surface area contributed by atoms with Gasteiger partial charge in [-0.15, -0.1) is 11.3 Å². The third kappa shape index (κ3) is 4.01. The van der Waals surface area contributed by atoms with E-state index in [1.54, 1.807) is 6.92 Å². The molecule has 1 unspecified atom stereocenters. The first-order chi connectivity index (χ1) is 8.58. The smallest absolute Gasteiger partial charge is 0.321 e. The van der Waals surface area contributed by atoms with Gasteiger partial charge in [0.25, 0.3) is 0 Å². The molecule has 0 aromatic carbocycles. The van der Waals surface area contributed by atoms with Crippen molar-refractivity contribution in [1.82, 2.24) is 4.98 Å². The van der Waals surface area contributed by atoms with E-state index in [1.807, 2.05) is 26.2 Å². The van der Waals surface area contributed by atoms with Crippen LogP contribution in [0.2, 0.25) is 0 Å². The zero-order valence-corrected chi connectivity index (χ0v) is 13.1. The number of carboxylic acids is 1. The van der Waals surface area contributed by atoms with Crippen LogP contribution in [0.15, 0.2) is 5.38 Å². The van der Waals surface area contributed by atoms with E-state index >= 15 is 0 Å². The van der Waals surface area contributed by atoms with Gasteiger partial charge in [0.2, 0.25) is 0 Å². The molecule has 19 heavy (non-hydrogen) atoms. The molecule has 0 fully saturated rings. The summed E-state index contributed by atoms with van der Waals surface area (Å²) in [5.74, 6) is -1.60. The number of carboxylic acid groups (broad SMARTS) is 1. The van der Waals surface area contributed by atoms with Gasteiger partial charge in [0.05, 0.1) is 5.69 Å². The van der Waals surface area contributed by atoms with E-state index in [2.05, 4.69) is 4.98 Å². The maximum atomic E-state index is 12.0. The van der Waals surface area contributed by atoms with E-state index in [4.69, 9.17) is 5.11 Å². The summed E-state index contributed by atoms with van der Waals surface area (Å²) in [7, 11) is -3.71. The first kappa shape index (κ1) is 16.1. The summed E-state index contributed by atoms with van der Waals surface area (Å²) in [4.78, 5) is 15.2. The van der Waals surface area contributed by atoms with Crippen LogP contribution < -0.4 is 0 Å². The van der Waals surface area contributed by atoms with Crippen molar-refractivity contribution in [2.75, 3.05) is 0 Å². The van der Waals surface area contributed by atoms with E-state index in [-0.39, 0.29) is 17.6 Å². The number of thiazole rings is 1. The SMILES string of the molecule is CCC(C(=O)O)S(=O)(=O)Cc1nc(C(C)(C)C)cs1. The lowest BCUT2D eigenvalue weighted by molar-refractivity contribution is -0.136. The second-order valence-electron chi connectivity index (χ2n) is 5.42. The first-order valence-electron chi connectivity index (χ1n) is 5.97. The fourth-order valence-electron chi connectivity index (χ4n) is 1.58. The Balaban J connectivity index is 2.96. The molecule has 108 valence electrons. The van der Waals surface area contributed by atoms with Gasteiger partial charge in [-0.05, 0) is 6.42 Å². The second-order valence-corrected chi connectivity index (χ2v) is 8.54. The highest BCUT2D eigenvalue weighted by Crippen LogP contribution is 2.25. The number of carbonyl (C=O) groups is 1. The number of hydrogen-bond acceptors (Lipinski definition) is 5. The highest BCUT2D eigenvalue weighted by molar-refractivity contribution is 7.92. The normalized spacial score (nSPS) is 14.3. The van der Waals surface area contributed by atoms with E-state index in [0.29, 0.717) is 5.01 Å². The van der Waals surface area contributed by atoms with Gasteiger partial charge in [0.1, 0.15) is 10.8 Å². The van der Waals surface area contributed by atoms with Crippen molar-refractivity contribution in [3.63, 3.8) is 0 Å². The Hall–Kier alpha value is -0.950. The van der Waals surface area contributed by atoms with Crippen LogP contribution in [0.1, 0.15) is 44.8 Å². The van der Waals surface area contributed by atoms with E-state index in [9.17, 15) is 13.2 Å². The summed E-state index contributed by atoms with van der Waals surface area (Å²) < 4.78 is 24.0. The molecular formula is C12H19NO4S2. The van der Waals surface area contributed by atoms with Crippen molar-refractivity contribution >= 4 is 27.1 Å². The first-order valence-corrected chi connectivity index (χ1v) is 8.56. The number of aromatic nitrogens is 1. The monoisotopic (exact) mass is 305 g/mol. The van der Waals surface area contributed by atoms with Crippen LogP contribution in [-0.2, 0) is 25.8 Å². The number of sulfone groups is 1. The number of rotatable bonds is 5. The summed E-state index contributed by atoms with van der Waals surface area (Å²) in [5, 5.41) is 9.85. The van der Waals surface area contributed by atoms with Crippen molar-refractivity contribution in [3.05, 3.63) is 16.1 Å². The summed E-state index contributed by atoms with van der Waals surface area (Å²) in [6.45, 7) is 7.53. The van der Waals surface area contributed by atoms with E-state index in [1.165, 1.54) is 11.3 Å². The summed E-state index contributed by atoms with van der Waals surface area (Å²) in [6.07, 6.45) is 0.0647. The van der Waals surface area contributed by atoms with Gasteiger partial charge in [-0.25, -0.2) is 13.4 Å². The molecule has 0 bridgehead atoms. The van der Waals surface area contributed by atoms with Gasteiger partial charge in [-0.2, -0.15) is 0 Å². The Morgan fingerprint density at radius 2 is 2.05 bits per heavy atom. The largest absolute Gasteiger partial charge is 0.480 e. The summed E-state index contributed by atoms with van der Waals surface area (Å²) >= 11 is 1.26. The Morgan fingerprint density at radius 1 is 1.47 bits per heavy atom. The minimum absolute atomic E-state index is 0.0647. The molecule has 0 saturated carbocycles. The second kappa shape index (κ2) is 5.58. The summed E-state index contributed by atoms with van der Waals surface area (Å²) in [6, 6.07) is 0. The highest BCUT2D eigenvalue weighted by Gasteiger charge is 2.32. The third-order valence-corrected chi connectivity index (χ3v) is 5.83. The Bertz CT molecular complexity index is 555. The van der Waals surface area contributed by atoms with E-state index < -0.39 is 21.1 Å². The standard InChI is InChI=1S/C12H19NO4S2/c1-5-8(11(14)15)19(16,17)7-10-13-9(6-18-10)12(2,3)4/h6,8H,5,7H2,1-4H3,(H,14,15). The molecule has 1 heterocycles. The topological polar surface area (TPSA) is 84.3 Å². The fraction of sp³-hybridized carbons (Fsp3) is 0.667. The van der Waals surface area contributed by atoms with Gasteiger partial charge in [0.15, 0.2) is 15.1 Å². The maximum Gasteiger partial charge on any atom is 0.321 e. The average Bonchev–Trinajstić information content (AvgIpc) is 2.64. The molecular weight excluding hydrogens is 286 g/mol. The lowest BCUT2D eigenvalue weighted by Gasteiger charge is -2.14. The molecule has 0 amide bonds. The quantitative estimate of drug-likeness (QED) is 0.901. The van der Waals surface area contributed by atoms with Crippen LogP contribution in [-0.4, -0.2) is 29.7 Å². The molecule has 1 rings (SSSR count). The fourth-order valence-corrected chi connectivity index (χ4v) is 4.57. The minimum Gasteiger partial charge on any atom is -0.480 e. The van der Waals surface area contributed by atoms with Gasteiger partial charge < -0.3 is 5.11 Å². The molecule has 7 heteroatoms.